The van der Waals surface area contributed by atoms with E-state index in [4.69, 9.17) is 11.6 Å². The van der Waals surface area contributed by atoms with E-state index >= 15 is 0 Å². The molecule has 8 heteroatoms. The number of anilines is 1. The topological polar surface area (TPSA) is 73.0 Å². The Morgan fingerprint density at radius 2 is 1.71 bits per heavy atom. The number of likely N-dealkylation sites (tertiary alicyclic amines) is 1. The van der Waals surface area contributed by atoms with Crippen LogP contribution in [-0.2, 0) is 9.59 Å². The van der Waals surface area contributed by atoms with Crippen molar-refractivity contribution in [3.63, 3.8) is 0 Å². The molecule has 0 aromatic heterocycles. The van der Waals surface area contributed by atoms with E-state index in [1.165, 1.54) is 4.90 Å². The highest BCUT2D eigenvalue weighted by atomic mass is 35.5. The number of hydrogen-bond acceptors (Lipinski definition) is 5. The highest BCUT2D eigenvalue weighted by Crippen LogP contribution is 2.21. The minimum Gasteiger partial charge on any atom is -0.369 e. The van der Waals surface area contributed by atoms with Gasteiger partial charge in [-0.2, -0.15) is 0 Å². The maximum Gasteiger partial charge on any atom is 0.252 e. The summed E-state index contributed by atoms with van der Waals surface area (Å²) in [6.07, 6.45) is 0.0138. The van der Waals surface area contributed by atoms with Crippen molar-refractivity contribution in [3.8, 4) is 0 Å². The van der Waals surface area contributed by atoms with Gasteiger partial charge in [0.15, 0.2) is 0 Å². The molecule has 0 aliphatic carbocycles. The number of nitrogens with zero attached hydrogens (tertiary/aromatic N) is 3. The SMILES string of the molecule is O=C(NC1CC(=O)N(CCN2CCN(c3cccc(Cl)c3)CC2)C1=O)c1ccccc1. The van der Waals surface area contributed by atoms with Crippen molar-refractivity contribution in [2.24, 2.45) is 0 Å². The molecule has 2 aromatic rings. The Hall–Kier alpha value is -2.90. The largest absolute Gasteiger partial charge is 0.369 e. The van der Waals surface area contributed by atoms with E-state index in [1.54, 1.807) is 24.3 Å². The second kappa shape index (κ2) is 9.49. The molecule has 2 aromatic carbocycles. The number of imide groups is 1. The Morgan fingerprint density at radius 3 is 2.42 bits per heavy atom. The van der Waals surface area contributed by atoms with Crippen LogP contribution >= 0.6 is 11.6 Å². The highest BCUT2D eigenvalue weighted by Gasteiger charge is 2.39. The summed E-state index contributed by atoms with van der Waals surface area (Å²) in [5.74, 6) is -0.904. The fourth-order valence-corrected chi connectivity index (χ4v) is 4.19. The van der Waals surface area contributed by atoms with Gasteiger partial charge in [0, 0.05) is 55.5 Å². The Bertz CT molecular complexity index is 960. The number of carbonyl (C=O) groups excluding carboxylic acids is 3. The lowest BCUT2D eigenvalue weighted by Gasteiger charge is -2.36. The van der Waals surface area contributed by atoms with Crippen molar-refractivity contribution in [2.45, 2.75) is 12.5 Å². The van der Waals surface area contributed by atoms with E-state index < -0.39 is 6.04 Å². The van der Waals surface area contributed by atoms with Crippen LogP contribution in [-0.4, -0.2) is 72.8 Å². The fourth-order valence-electron chi connectivity index (χ4n) is 4.01. The molecule has 1 unspecified atom stereocenters. The van der Waals surface area contributed by atoms with Crippen LogP contribution in [0.4, 0.5) is 5.69 Å². The Kier molecular flexibility index (Phi) is 6.53. The third kappa shape index (κ3) is 5.06. The average molecular weight is 441 g/mol. The molecular weight excluding hydrogens is 416 g/mol. The summed E-state index contributed by atoms with van der Waals surface area (Å²) in [5.41, 5.74) is 1.58. The molecular formula is C23H25ClN4O3. The van der Waals surface area contributed by atoms with Crippen molar-refractivity contribution < 1.29 is 14.4 Å². The normalized spacial score (nSPS) is 19.7. The van der Waals surface area contributed by atoms with E-state index in [2.05, 4.69) is 15.1 Å². The van der Waals surface area contributed by atoms with Gasteiger partial charge in [-0.25, -0.2) is 0 Å². The molecule has 0 saturated carbocycles. The van der Waals surface area contributed by atoms with Crippen LogP contribution in [0.2, 0.25) is 5.02 Å². The molecule has 2 saturated heterocycles. The first kappa shape index (κ1) is 21.3. The van der Waals surface area contributed by atoms with Gasteiger partial charge in [0.25, 0.3) is 11.8 Å². The smallest absolute Gasteiger partial charge is 0.252 e. The van der Waals surface area contributed by atoms with E-state index in [0.717, 1.165) is 36.9 Å². The predicted molar refractivity (Wildman–Crippen MR) is 119 cm³/mol. The van der Waals surface area contributed by atoms with Crippen LogP contribution in [0.1, 0.15) is 16.8 Å². The van der Waals surface area contributed by atoms with E-state index in [0.29, 0.717) is 18.7 Å². The van der Waals surface area contributed by atoms with E-state index in [1.807, 2.05) is 30.3 Å². The van der Waals surface area contributed by atoms with E-state index in [-0.39, 0.29) is 24.1 Å². The van der Waals surface area contributed by atoms with Gasteiger partial charge in [-0.3, -0.25) is 24.2 Å². The lowest BCUT2D eigenvalue weighted by molar-refractivity contribution is -0.139. The zero-order chi connectivity index (χ0) is 21.8. The summed E-state index contributed by atoms with van der Waals surface area (Å²) in [5, 5.41) is 3.41. The van der Waals surface area contributed by atoms with Crippen molar-refractivity contribution >= 4 is 35.0 Å². The number of amides is 3. The Labute approximate surface area is 186 Å². The first-order valence-electron chi connectivity index (χ1n) is 10.4. The molecule has 1 N–H and O–H groups in total. The summed E-state index contributed by atoms with van der Waals surface area (Å²) < 4.78 is 0. The van der Waals surface area contributed by atoms with Crippen molar-refractivity contribution in [1.29, 1.82) is 0 Å². The zero-order valence-corrected chi connectivity index (χ0v) is 17.9. The fraction of sp³-hybridized carbons (Fsp3) is 0.348. The first-order chi connectivity index (χ1) is 15.0. The van der Waals surface area contributed by atoms with Crippen LogP contribution in [0.15, 0.2) is 54.6 Å². The van der Waals surface area contributed by atoms with Crippen molar-refractivity contribution in [1.82, 2.24) is 15.1 Å². The molecule has 3 amide bonds. The van der Waals surface area contributed by atoms with Crippen LogP contribution in [0, 0.1) is 0 Å². The van der Waals surface area contributed by atoms with Crippen LogP contribution in [0.3, 0.4) is 0 Å². The van der Waals surface area contributed by atoms with E-state index in [9.17, 15) is 14.4 Å². The maximum absolute atomic E-state index is 12.7. The molecule has 7 nitrogen and oxygen atoms in total. The molecule has 4 rings (SSSR count). The number of hydrogen-bond donors (Lipinski definition) is 1. The van der Waals surface area contributed by atoms with Gasteiger partial charge in [-0.05, 0) is 30.3 Å². The summed E-state index contributed by atoms with van der Waals surface area (Å²) in [6, 6.07) is 15.7. The molecule has 0 spiro atoms. The molecule has 2 aliphatic rings. The quantitative estimate of drug-likeness (QED) is 0.696. The molecule has 0 radical (unpaired) electrons. The lowest BCUT2D eigenvalue weighted by Crippen LogP contribution is -2.49. The number of carbonyl (C=O) groups is 3. The monoisotopic (exact) mass is 440 g/mol. The Balaban J connectivity index is 1.26. The maximum atomic E-state index is 12.7. The van der Waals surface area contributed by atoms with Gasteiger partial charge >= 0.3 is 0 Å². The standard InChI is InChI=1S/C23H25ClN4O3/c24-18-7-4-8-19(15-18)27-12-9-26(10-13-27)11-14-28-21(29)16-20(23(28)31)25-22(30)17-5-2-1-3-6-17/h1-8,15,20H,9-14,16H2,(H,25,30). The van der Waals surface area contributed by atoms with Crippen LogP contribution in [0.5, 0.6) is 0 Å². The molecule has 2 heterocycles. The molecule has 162 valence electrons. The third-order valence-electron chi connectivity index (χ3n) is 5.77. The van der Waals surface area contributed by atoms with Gasteiger partial charge < -0.3 is 10.2 Å². The second-order valence-electron chi connectivity index (χ2n) is 7.79. The number of benzene rings is 2. The predicted octanol–water partition coefficient (Wildman–Crippen LogP) is 2.02. The molecule has 2 fully saturated rings. The van der Waals surface area contributed by atoms with Crippen molar-refractivity contribution in [2.75, 3.05) is 44.2 Å². The molecule has 2 aliphatic heterocycles. The zero-order valence-electron chi connectivity index (χ0n) is 17.2. The second-order valence-corrected chi connectivity index (χ2v) is 8.22. The molecule has 31 heavy (non-hydrogen) atoms. The minimum absolute atomic E-state index is 0.0138. The average Bonchev–Trinajstić information content (AvgIpc) is 3.05. The lowest BCUT2D eigenvalue weighted by atomic mass is 10.2. The van der Waals surface area contributed by atoms with Gasteiger partial charge in [0.2, 0.25) is 5.91 Å². The summed E-state index contributed by atoms with van der Waals surface area (Å²) >= 11 is 6.09. The Morgan fingerprint density at radius 1 is 0.968 bits per heavy atom. The number of halogens is 1. The van der Waals surface area contributed by atoms with Gasteiger partial charge in [0.05, 0.1) is 6.42 Å². The molecule has 1 atom stereocenters. The first-order valence-corrected chi connectivity index (χ1v) is 10.8. The van der Waals surface area contributed by atoms with Crippen LogP contribution < -0.4 is 10.2 Å². The highest BCUT2D eigenvalue weighted by molar-refractivity contribution is 6.30. The number of piperazine rings is 1. The summed E-state index contributed by atoms with van der Waals surface area (Å²) in [4.78, 5) is 43.2. The van der Waals surface area contributed by atoms with Gasteiger partial charge in [-0.1, -0.05) is 35.9 Å². The third-order valence-corrected chi connectivity index (χ3v) is 6.01. The summed E-state index contributed by atoms with van der Waals surface area (Å²) in [7, 11) is 0. The molecule has 0 bridgehead atoms. The van der Waals surface area contributed by atoms with Gasteiger partial charge in [0.1, 0.15) is 6.04 Å². The summed E-state index contributed by atoms with van der Waals surface area (Å²) in [6.45, 7) is 4.37. The van der Waals surface area contributed by atoms with Crippen LogP contribution in [0.25, 0.3) is 0 Å². The number of rotatable bonds is 6. The number of nitrogens with one attached hydrogen (secondary N) is 1. The van der Waals surface area contributed by atoms with Crippen molar-refractivity contribution in [3.05, 3.63) is 65.2 Å². The minimum atomic E-state index is -0.792. The van der Waals surface area contributed by atoms with Gasteiger partial charge in [-0.15, -0.1) is 0 Å².